The minimum Gasteiger partial charge on any atom is -0.482 e. The van der Waals surface area contributed by atoms with Crippen LogP contribution in [-0.2, 0) is 16.1 Å². The Balaban J connectivity index is 1.80. The van der Waals surface area contributed by atoms with Gasteiger partial charge in [-0.1, -0.05) is 12.1 Å². The summed E-state index contributed by atoms with van der Waals surface area (Å²) in [5, 5.41) is 17.5. The van der Waals surface area contributed by atoms with Gasteiger partial charge in [0.05, 0.1) is 23.3 Å². The van der Waals surface area contributed by atoms with Crippen LogP contribution in [0.2, 0.25) is 0 Å². The van der Waals surface area contributed by atoms with E-state index in [-0.39, 0.29) is 13.2 Å². The third-order valence-electron chi connectivity index (χ3n) is 2.80. The Morgan fingerprint density at radius 3 is 2.41 bits per heavy atom. The number of nitrogens with zero attached hydrogens (tertiary/aromatic N) is 2. The van der Waals surface area contributed by atoms with E-state index in [1.807, 2.05) is 12.1 Å². The van der Waals surface area contributed by atoms with Gasteiger partial charge in [-0.05, 0) is 42.0 Å². The van der Waals surface area contributed by atoms with Gasteiger partial charge in [0, 0.05) is 0 Å². The summed E-state index contributed by atoms with van der Waals surface area (Å²) in [5.41, 5.74) is 1.78. The molecule has 0 N–H and O–H groups in total. The molecule has 0 atom stereocenters. The fourth-order valence-corrected chi connectivity index (χ4v) is 1.70. The molecule has 22 heavy (non-hydrogen) atoms. The number of esters is 1. The molecule has 0 spiro atoms. The lowest BCUT2D eigenvalue weighted by Crippen LogP contribution is -2.14. The van der Waals surface area contributed by atoms with Crippen molar-refractivity contribution in [3.8, 4) is 17.9 Å². The predicted octanol–water partition coefficient (Wildman–Crippen LogP) is 2.55. The summed E-state index contributed by atoms with van der Waals surface area (Å²) in [6, 6.07) is 17.3. The zero-order valence-electron chi connectivity index (χ0n) is 11.7. The van der Waals surface area contributed by atoms with E-state index in [1.165, 1.54) is 0 Å². The van der Waals surface area contributed by atoms with Crippen LogP contribution in [0, 0.1) is 22.7 Å². The number of carbonyl (C=O) groups excluding carboxylic acids is 1. The van der Waals surface area contributed by atoms with Crippen LogP contribution in [0.5, 0.6) is 5.75 Å². The van der Waals surface area contributed by atoms with Crippen molar-refractivity contribution in [1.29, 1.82) is 10.5 Å². The highest BCUT2D eigenvalue weighted by Crippen LogP contribution is 2.11. The van der Waals surface area contributed by atoms with E-state index in [4.69, 9.17) is 20.0 Å². The lowest BCUT2D eigenvalue weighted by Gasteiger charge is -2.07. The molecule has 0 saturated carbocycles. The number of hydrogen-bond donors (Lipinski definition) is 0. The molecule has 5 nitrogen and oxygen atoms in total. The van der Waals surface area contributed by atoms with Crippen LogP contribution in [0.15, 0.2) is 48.5 Å². The fraction of sp³-hybridized carbons (Fsp3) is 0.118. The topological polar surface area (TPSA) is 83.1 Å². The van der Waals surface area contributed by atoms with Crippen molar-refractivity contribution < 1.29 is 14.3 Å². The third kappa shape index (κ3) is 4.36. The molecule has 0 aliphatic heterocycles. The molecule has 0 aliphatic carbocycles. The molecular formula is C17H12N2O3. The van der Waals surface area contributed by atoms with Crippen LogP contribution in [0.25, 0.3) is 0 Å². The summed E-state index contributed by atoms with van der Waals surface area (Å²) < 4.78 is 10.3. The molecule has 108 valence electrons. The van der Waals surface area contributed by atoms with Gasteiger partial charge in [-0.15, -0.1) is 0 Å². The molecule has 5 heteroatoms. The minimum atomic E-state index is -0.508. The van der Waals surface area contributed by atoms with Gasteiger partial charge in [0.2, 0.25) is 0 Å². The van der Waals surface area contributed by atoms with Crippen molar-refractivity contribution in [2.45, 2.75) is 6.61 Å². The minimum absolute atomic E-state index is 0.0884. The van der Waals surface area contributed by atoms with Crippen LogP contribution < -0.4 is 4.74 Å². The highest BCUT2D eigenvalue weighted by Gasteiger charge is 2.05. The van der Waals surface area contributed by atoms with E-state index in [1.54, 1.807) is 48.5 Å². The molecular weight excluding hydrogens is 280 g/mol. The monoisotopic (exact) mass is 292 g/mol. The molecule has 0 amide bonds. The third-order valence-corrected chi connectivity index (χ3v) is 2.80. The quantitative estimate of drug-likeness (QED) is 0.791. The van der Waals surface area contributed by atoms with E-state index in [0.29, 0.717) is 16.9 Å². The zero-order valence-corrected chi connectivity index (χ0v) is 11.7. The first-order valence-electron chi connectivity index (χ1n) is 6.49. The lowest BCUT2D eigenvalue weighted by atomic mass is 10.1. The first kappa shape index (κ1) is 15.1. The maximum absolute atomic E-state index is 11.6. The lowest BCUT2D eigenvalue weighted by molar-refractivity contribution is -0.147. The van der Waals surface area contributed by atoms with Crippen molar-refractivity contribution in [2.24, 2.45) is 0 Å². The van der Waals surface area contributed by atoms with E-state index >= 15 is 0 Å². The van der Waals surface area contributed by atoms with Crippen LogP contribution >= 0.6 is 0 Å². The summed E-state index contributed by atoms with van der Waals surface area (Å²) in [5.74, 6) is -0.0193. The Hall–Kier alpha value is -3.31. The standard InChI is InChI=1S/C17H12N2O3/c18-9-13-4-6-16(7-5-13)21-12-17(20)22-11-15-3-1-2-14(8-15)10-19/h1-8H,11-12H2. The van der Waals surface area contributed by atoms with Gasteiger partial charge in [-0.25, -0.2) is 4.79 Å². The summed E-state index contributed by atoms with van der Waals surface area (Å²) in [6.07, 6.45) is 0. The number of carbonyl (C=O) groups is 1. The van der Waals surface area contributed by atoms with Crippen molar-refractivity contribution in [2.75, 3.05) is 6.61 Å². The summed E-state index contributed by atoms with van der Waals surface area (Å²) in [6.45, 7) is -0.130. The van der Waals surface area contributed by atoms with Gasteiger partial charge in [0.15, 0.2) is 6.61 Å². The number of benzene rings is 2. The maximum atomic E-state index is 11.6. The van der Waals surface area contributed by atoms with Crippen LogP contribution in [-0.4, -0.2) is 12.6 Å². The summed E-state index contributed by atoms with van der Waals surface area (Å²) >= 11 is 0. The van der Waals surface area contributed by atoms with Gasteiger partial charge in [-0.3, -0.25) is 0 Å². The predicted molar refractivity (Wildman–Crippen MR) is 77.6 cm³/mol. The Kier molecular flexibility index (Phi) is 5.12. The number of hydrogen-bond acceptors (Lipinski definition) is 5. The van der Waals surface area contributed by atoms with Gasteiger partial charge >= 0.3 is 5.97 Å². The highest BCUT2D eigenvalue weighted by molar-refractivity contribution is 5.71. The average molecular weight is 292 g/mol. The second-order valence-corrected chi connectivity index (χ2v) is 4.40. The Labute approximate surface area is 127 Å². The Morgan fingerprint density at radius 2 is 1.73 bits per heavy atom. The number of ether oxygens (including phenoxy) is 2. The van der Waals surface area contributed by atoms with Crippen LogP contribution in [0.3, 0.4) is 0 Å². The van der Waals surface area contributed by atoms with Crippen molar-refractivity contribution in [1.82, 2.24) is 0 Å². The number of rotatable bonds is 5. The SMILES string of the molecule is N#Cc1ccc(OCC(=O)OCc2cccc(C#N)c2)cc1. The molecule has 0 aliphatic rings. The zero-order chi connectivity index (χ0) is 15.8. The first-order chi connectivity index (χ1) is 10.7. The molecule has 0 unspecified atom stereocenters. The second-order valence-electron chi connectivity index (χ2n) is 4.40. The second kappa shape index (κ2) is 7.47. The molecule has 2 aromatic rings. The van der Waals surface area contributed by atoms with Gasteiger partial charge < -0.3 is 9.47 Å². The normalized spacial score (nSPS) is 9.36. The fourth-order valence-electron chi connectivity index (χ4n) is 1.70. The maximum Gasteiger partial charge on any atom is 0.344 e. The molecule has 0 radical (unpaired) electrons. The van der Waals surface area contributed by atoms with Crippen molar-refractivity contribution in [3.63, 3.8) is 0 Å². The summed E-state index contributed by atoms with van der Waals surface area (Å²) in [7, 11) is 0. The van der Waals surface area contributed by atoms with E-state index in [2.05, 4.69) is 0 Å². The molecule has 0 fully saturated rings. The molecule has 0 bridgehead atoms. The van der Waals surface area contributed by atoms with Gasteiger partial charge in [-0.2, -0.15) is 10.5 Å². The van der Waals surface area contributed by atoms with Gasteiger partial charge in [0.25, 0.3) is 0 Å². The summed E-state index contributed by atoms with van der Waals surface area (Å²) in [4.78, 5) is 11.6. The smallest absolute Gasteiger partial charge is 0.344 e. The van der Waals surface area contributed by atoms with Crippen molar-refractivity contribution >= 4 is 5.97 Å². The van der Waals surface area contributed by atoms with Gasteiger partial charge in [0.1, 0.15) is 12.4 Å². The highest BCUT2D eigenvalue weighted by atomic mass is 16.6. The molecule has 2 aromatic carbocycles. The Bertz CT molecular complexity index is 740. The van der Waals surface area contributed by atoms with E-state index in [0.717, 1.165) is 5.56 Å². The number of nitriles is 2. The molecule has 0 aromatic heterocycles. The first-order valence-corrected chi connectivity index (χ1v) is 6.49. The van der Waals surface area contributed by atoms with Crippen LogP contribution in [0.1, 0.15) is 16.7 Å². The van der Waals surface area contributed by atoms with Crippen LogP contribution in [0.4, 0.5) is 0 Å². The molecule has 0 saturated heterocycles. The van der Waals surface area contributed by atoms with E-state index in [9.17, 15) is 4.79 Å². The largest absolute Gasteiger partial charge is 0.482 e. The van der Waals surface area contributed by atoms with Crippen molar-refractivity contribution in [3.05, 3.63) is 65.2 Å². The van der Waals surface area contributed by atoms with E-state index < -0.39 is 5.97 Å². The molecule has 2 rings (SSSR count). The molecule has 0 heterocycles. The average Bonchev–Trinajstić information content (AvgIpc) is 2.58. The Morgan fingerprint density at radius 1 is 1.00 bits per heavy atom.